The first-order chi connectivity index (χ1) is 21.2. The number of nitrogens with zero attached hydrogens (tertiary/aromatic N) is 1. The first kappa shape index (κ1) is 28.7. The van der Waals surface area contributed by atoms with Gasteiger partial charge in [0.2, 0.25) is 5.43 Å². The second-order valence-corrected chi connectivity index (χ2v) is 10.6. The Morgan fingerprint density at radius 3 is 2.48 bits per heavy atom. The predicted molar refractivity (Wildman–Crippen MR) is 167 cm³/mol. The molecule has 6 rings (SSSR count). The van der Waals surface area contributed by atoms with E-state index < -0.39 is 11.3 Å². The molecule has 0 bridgehead atoms. The van der Waals surface area contributed by atoms with Gasteiger partial charge in [-0.3, -0.25) is 19.2 Å². The van der Waals surface area contributed by atoms with Crippen LogP contribution in [0.5, 0.6) is 5.75 Å². The van der Waals surface area contributed by atoms with E-state index in [1.807, 2.05) is 13.8 Å². The minimum Gasteiger partial charge on any atom is -0.497 e. The van der Waals surface area contributed by atoms with Crippen LogP contribution in [-0.2, 0) is 9.53 Å². The highest BCUT2D eigenvalue weighted by molar-refractivity contribution is 6.35. The molecule has 2 aliphatic heterocycles. The minimum atomic E-state index is -0.586. The molecule has 4 heterocycles. The Balaban J connectivity index is 1.23. The maximum absolute atomic E-state index is 13.2. The van der Waals surface area contributed by atoms with Crippen LogP contribution in [0, 0.1) is 13.8 Å². The molecule has 1 fully saturated rings. The van der Waals surface area contributed by atoms with E-state index in [2.05, 4.69) is 20.6 Å². The first-order valence-electron chi connectivity index (χ1n) is 14.2. The van der Waals surface area contributed by atoms with Gasteiger partial charge in [0, 0.05) is 53.7 Å². The maximum atomic E-state index is 13.2. The number of amides is 3. The van der Waals surface area contributed by atoms with Crippen molar-refractivity contribution in [1.29, 1.82) is 0 Å². The summed E-state index contributed by atoms with van der Waals surface area (Å²) in [5.74, 6) is -0.298. The van der Waals surface area contributed by atoms with Crippen LogP contribution >= 0.6 is 0 Å². The topological polar surface area (TPSA) is 146 Å². The van der Waals surface area contributed by atoms with Crippen LogP contribution < -0.4 is 20.8 Å². The number of ether oxygens (including phenoxy) is 2. The molecular formula is C33H31N5O6. The normalized spacial score (nSPS) is 15.2. The number of aromatic amines is 2. The average Bonchev–Trinajstić information content (AvgIpc) is 3.50. The monoisotopic (exact) mass is 593 g/mol. The second kappa shape index (κ2) is 11.7. The molecule has 2 aromatic heterocycles. The number of carbonyl (C=O) groups excluding carboxylic acids is 3. The largest absolute Gasteiger partial charge is 0.497 e. The quantitative estimate of drug-likeness (QED) is 0.247. The van der Waals surface area contributed by atoms with Gasteiger partial charge in [0.05, 0.1) is 37.1 Å². The number of carbonyl (C=O) groups is 3. The van der Waals surface area contributed by atoms with Gasteiger partial charge in [0.1, 0.15) is 11.3 Å². The van der Waals surface area contributed by atoms with Crippen LogP contribution in [0.2, 0.25) is 0 Å². The van der Waals surface area contributed by atoms with Gasteiger partial charge in [-0.2, -0.15) is 0 Å². The molecule has 2 aromatic carbocycles. The van der Waals surface area contributed by atoms with Crippen molar-refractivity contribution in [3.63, 3.8) is 0 Å². The Labute approximate surface area is 252 Å². The molecule has 4 N–H and O–H groups in total. The van der Waals surface area contributed by atoms with E-state index in [0.717, 1.165) is 11.3 Å². The fourth-order valence-electron chi connectivity index (χ4n) is 5.56. The summed E-state index contributed by atoms with van der Waals surface area (Å²) in [6.45, 7) is 5.81. The van der Waals surface area contributed by atoms with Crippen LogP contribution in [0.3, 0.4) is 0 Å². The minimum absolute atomic E-state index is 0.0524. The number of aromatic nitrogens is 2. The zero-order valence-electron chi connectivity index (χ0n) is 24.5. The average molecular weight is 594 g/mol. The van der Waals surface area contributed by atoms with Crippen molar-refractivity contribution in [2.75, 3.05) is 44.0 Å². The van der Waals surface area contributed by atoms with Crippen molar-refractivity contribution in [1.82, 2.24) is 14.9 Å². The molecule has 0 atom stereocenters. The van der Waals surface area contributed by atoms with E-state index in [-0.39, 0.29) is 17.4 Å². The number of methoxy groups -OCH3 is 1. The van der Waals surface area contributed by atoms with Crippen LogP contribution in [0.15, 0.2) is 59.7 Å². The Kier molecular flexibility index (Phi) is 7.62. The van der Waals surface area contributed by atoms with E-state index in [4.69, 9.17) is 9.47 Å². The number of pyridine rings is 1. The molecule has 11 nitrogen and oxygen atoms in total. The Bertz CT molecular complexity index is 1880. The zero-order chi connectivity index (χ0) is 31.0. The first-order valence-corrected chi connectivity index (χ1v) is 14.2. The lowest BCUT2D eigenvalue weighted by Gasteiger charge is -2.27. The molecule has 0 saturated carbocycles. The standard InChI is InChI=1S/C33H31N5O6/c1-18-27(35-19(2)29(18)33(42)38-10-12-44-13-11-38)15-24-23-9-6-21(14-28(23)37-31(24)40)36-32(41)26-17-34-16-25(30(26)39)20-4-7-22(43-3)8-5-20/h4-9,14-17,35H,10-13H2,1-3H3,(H,34,39)(H,36,41)(H,37,40). The number of H-pyrrole nitrogens is 2. The van der Waals surface area contributed by atoms with Crippen molar-refractivity contribution in [2.45, 2.75) is 13.8 Å². The molecule has 44 heavy (non-hydrogen) atoms. The number of hydrogen-bond donors (Lipinski definition) is 4. The van der Waals surface area contributed by atoms with Crippen molar-refractivity contribution >= 4 is 40.7 Å². The van der Waals surface area contributed by atoms with Gasteiger partial charge in [0.15, 0.2) is 0 Å². The van der Waals surface area contributed by atoms with Gasteiger partial charge in [-0.1, -0.05) is 18.2 Å². The van der Waals surface area contributed by atoms with E-state index >= 15 is 0 Å². The van der Waals surface area contributed by atoms with E-state index in [1.165, 1.54) is 6.20 Å². The predicted octanol–water partition coefficient (Wildman–Crippen LogP) is 4.21. The van der Waals surface area contributed by atoms with Crippen LogP contribution in [0.4, 0.5) is 11.4 Å². The molecule has 2 aliphatic rings. The molecule has 0 radical (unpaired) electrons. The smallest absolute Gasteiger partial charge is 0.261 e. The molecular weight excluding hydrogens is 562 g/mol. The maximum Gasteiger partial charge on any atom is 0.261 e. The van der Waals surface area contributed by atoms with Gasteiger partial charge in [-0.05, 0) is 55.3 Å². The third kappa shape index (κ3) is 5.29. The van der Waals surface area contributed by atoms with Gasteiger partial charge in [-0.25, -0.2) is 0 Å². The second-order valence-electron chi connectivity index (χ2n) is 10.6. The summed E-state index contributed by atoms with van der Waals surface area (Å²) < 4.78 is 10.6. The number of fused-ring (bicyclic) bond motifs is 1. The summed E-state index contributed by atoms with van der Waals surface area (Å²) in [6, 6.07) is 12.0. The zero-order valence-corrected chi connectivity index (χ0v) is 24.5. The fraction of sp³-hybridized carbons (Fsp3) is 0.212. The number of morpholine rings is 1. The summed E-state index contributed by atoms with van der Waals surface area (Å²) in [5.41, 5.74) is 5.29. The highest BCUT2D eigenvalue weighted by Crippen LogP contribution is 2.36. The van der Waals surface area contributed by atoms with Crippen molar-refractivity contribution < 1.29 is 23.9 Å². The summed E-state index contributed by atoms with van der Waals surface area (Å²) in [4.78, 5) is 60.5. The molecule has 11 heteroatoms. The third-order valence-corrected chi connectivity index (χ3v) is 7.93. The summed E-state index contributed by atoms with van der Waals surface area (Å²) in [6.07, 6.45) is 4.65. The number of rotatable bonds is 6. The summed E-state index contributed by atoms with van der Waals surface area (Å²) in [7, 11) is 1.56. The van der Waals surface area contributed by atoms with Gasteiger partial charge < -0.3 is 35.0 Å². The van der Waals surface area contributed by atoms with Crippen molar-refractivity contribution in [3.8, 4) is 16.9 Å². The highest BCUT2D eigenvalue weighted by Gasteiger charge is 2.28. The molecule has 0 unspecified atom stereocenters. The third-order valence-electron chi connectivity index (χ3n) is 7.93. The number of nitrogens with one attached hydrogen (secondary N) is 4. The van der Waals surface area contributed by atoms with Crippen LogP contribution in [0.1, 0.15) is 43.2 Å². The number of benzene rings is 2. The lowest BCUT2D eigenvalue weighted by molar-refractivity contribution is -0.110. The number of anilines is 2. The van der Waals surface area contributed by atoms with Crippen LogP contribution in [0.25, 0.3) is 22.8 Å². The molecule has 224 valence electrons. The lowest BCUT2D eigenvalue weighted by Crippen LogP contribution is -2.41. The Morgan fingerprint density at radius 1 is 1.00 bits per heavy atom. The molecule has 0 aliphatic carbocycles. The lowest BCUT2D eigenvalue weighted by atomic mass is 10.0. The Hall–Kier alpha value is -5.42. The van der Waals surface area contributed by atoms with Gasteiger partial charge >= 0.3 is 0 Å². The SMILES string of the molecule is COc1ccc(-c2c[nH]cc(C(=O)Nc3ccc4c(c3)NC(=O)C4=Cc3[nH]c(C)c(C(=O)N4CCOCC4)c3C)c2=O)cc1. The van der Waals surface area contributed by atoms with Crippen molar-refractivity contribution in [2.24, 2.45) is 0 Å². The van der Waals surface area contributed by atoms with Gasteiger partial charge in [0.25, 0.3) is 17.7 Å². The van der Waals surface area contributed by atoms with Crippen molar-refractivity contribution in [3.05, 3.63) is 98.7 Å². The molecule has 3 amide bonds. The van der Waals surface area contributed by atoms with E-state index in [0.29, 0.717) is 76.9 Å². The fourth-order valence-corrected chi connectivity index (χ4v) is 5.56. The molecule has 0 spiro atoms. The highest BCUT2D eigenvalue weighted by atomic mass is 16.5. The number of aryl methyl sites for hydroxylation is 1. The van der Waals surface area contributed by atoms with Gasteiger partial charge in [-0.15, -0.1) is 0 Å². The summed E-state index contributed by atoms with van der Waals surface area (Å²) >= 11 is 0. The van der Waals surface area contributed by atoms with E-state index in [9.17, 15) is 19.2 Å². The van der Waals surface area contributed by atoms with Crippen LogP contribution in [-0.4, -0.2) is 66.0 Å². The summed E-state index contributed by atoms with van der Waals surface area (Å²) in [5, 5.41) is 5.61. The molecule has 4 aromatic rings. The Morgan fingerprint density at radius 2 is 1.75 bits per heavy atom. The molecule has 1 saturated heterocycles. The number of hydrogen-bond acceptors (Lipinski definition) is 6. The van der Waals surface area contributed by atoms with E-state index in [1.54, 1.807) is 66.7 Å².